The molecule has 1 fully saturated rings. The number of rotatable bonds is 3. The Bertz CT molecular complexity index is 413. The van der Waals surface area contributed by atoms with Crippen LogP contribution in [0.2, 0.25) is 0 Å². The van der Waals surface area contributed by atoms with Crippen molar-refractivity contribution in [2.75, 3.05) is 18.6 Å². The van der Waals surface area contributed by atoms with Crippen LogP contribution in [0.1, 0.15) is 23.2 Å². The average molecular weight is 233 g/mol. The van der Waals surface area contributed by atoms with Gasteiger partial charge in [0.2, 0.25) is 0 Å². The molecule has 1 aliphatic heterocycles. The fourth-order valence-electron chi connectivity index (χ4n) is 2.20. The lowest BCUT2D eigenvalue weighted by Crippen LogP contribution is -2.36. The van der Waals surface area contributed by atoms with E-state index in [-0.39, 0.29) is 12.0 Å². The molecule has 2 rings (SSSR count). The molecule has 0 N–H and O–H groups in total. The minimum Gasteiger partial charge on any atom is -0.467 e. The maximum absolute atomic E-state index is 11.6. The number of carbonyl (C=O) groups is 2. The predicted molar refractivity (Wildman–Crippen MR) is 64.2 cm³/mol. The van der Waals surface area contributed by atoms with Crippen LogP contribution in [0.15, 0.2) is 24.3 Å². The molecule has 1 atom stereocenters. The second-order valence-electron chi connectivity index (χ2n) is 4.08. The summed E-state index contributed by atoms with van der Waals surface area (Å²) in [5.41, 5.74) is 1.60. The van der Waals surface area contributed by atoms with Crippen LogP contribution in [0.3, 0.4) is 0 Å². The van der Waals surface area contributed by atoms with Crippen LogP contribution in [-0.2, 0) is 9.53 Å². The smallest absolute Gasteiger partial charge is 0.328 e. The fraction of sp³-hybridized carbons (Fsp3) is 0.385. The monoisotopic (exact) mass is 233 g/mol. The summed E-state index contributed by atoms with van der Waals surface area (Å²) in [7, 11) is 1.41. The van der Waals surface area contributed by atoms with E-state index in [0.717, 1.165) is 31.4 Å². The highest BCUT2D eigenvalue weighted by Crippen LogP contribution is 2.26. The Morgan fingerprint density at radius 1 is 1.41 bits per heavy atom. The summed E-state index contributed by atoms with van der Waals surface area (Å²) >= 11 is 0. The van der Waals surface area contributed by atoms with Crippen molar-refractivity contribution in [1.82, 2.24) is 0 Å². The van der Waals surface area contributed by atoms with Gasteiger partial charge in [0.1, 0.15) is 12.3 Å². The van der Waals surface area contributed by atoms with Gasteiger partial charge in [0.25, 0.3) is 0 Å². The van der Waals surface area contributed by atoms with Crippen LogP contribution in [0.5, 0.6) is 0 Å². The van der Waals surface area contributed by atoms with E-state index in [9.17, 15) is 9.59 Å². The van der Waals surface area contributed by atoms with Gasteiger partial charge in [0.15, 0.2) is 0 Å². The molecular formula is C13H15NO3. The number of nitrogens with zero attached hydrogens (tertiary/aromatic N) is 1. The van der Waals surface area contributed by atoms with Crippen LogP contribution in [0.25, 0.3) is 0 Å². The lowest BCUT2D eigenvalue weighted by atomic mass is 10.2. The number of benzene rings is 1. The second kappa shape index (κ2) is 4.99. The molecule has 17 heavy (non-hydrogen) atoms. The van der Waals surface area contributed by atoms with Crippen molar-refractivity contribution in [3.8, 4) is 0 Å². The predicted octanol–water partition coefficient (Wildman–Crippen LogP) is 1.64. The number of aldehydes is 1. The third kappa shape index (κ3) is 2.30. The first-order valence-electron chi connectivity index (χ1n) is 5.66. The fourth-order valence-corrected chi connectivity index (χ4v) is 2.20. The highest BCUT2D eigenvalue weighted by Gasteiger charge is 2.31. The van der Waals surface area contributed by atoms with Gasteiger partial charge in [0.05, 0.1) is 7.11 Å². The highest BCUT2D eigenvalue weighted by molar-refractivity contribution is 5.81. The van der Waals surface area contributed by atoms with Crippen LogP contribution in [-0.4, -0.2) is 32.0 Å². The summed E-state index contributed by atoms with van der Waals surface area (Å²) in [6.45, 7) is 0.847. The normalized spacial score (nSPS) is 19.1. The van der Waals surface area contributed by atoms with Crippen LogP contribution in [0, 0.1) is 0 Å². The van der Waals surface area contributed by atoms with Crippen molar-refractivity contribution in [3.63, 3.8) is 0 Å². The van der Waals surface area contributed by atoms with Crippen LogP contribution < -0.4 is 4.90 Å². The molecule has 4 heteroatoms. The Balaban J connectivity index is 2.19. The molecule has 1 heterocycles. The molecule has 1 aromatic rings. The van der Waals surface area contributed by atoms with E-state index in [1.165, 1.54) is 7.11 Å². The van der Waals surface area contributed by atoms with Gasteiger partial charge in [-0.2, -0.15) is 0 Å². The lowest BCUT2D eigenvalue weighted by molar-refractivity contribution is -0.141. The van der Waals surface area contributed by atoms with Crippen molar-refractivity contribution in [2.45, 2.75) is 18.9 Å². The Kier molecular flexibility index (Phi) is 3.42. The Morgan fingerprint density at radius 2 is 2.12 bits per heavy atom. The maximum Gasteiger partial charge on any atom is 0.328 e. The topological polar surface area (TPSA) is 46.6 Å². The maximum atomic E-state index is 11.6. The number of hydrogen-bond acceptors (Lipinski definition) is 4. The standard InChI is InChI=1S/C13H15NO3/c1-17-13(16)12-3-2-8-14(12)11-6-4-10(9-15)5-7-11/h4-7,9,12H,2-3,8H2,1H3. The number of esters is 1. The Hall–Kier alpha value is -1.84. The van der Waals surface area contributed by atoms with Gasteiger partial charge in [-0.25, -0.2) is 4.79 Å². The minimum absolute atomic E-state index is 0.193. The summed E-state index contributed by atoms with van der Waals surface area (Å²) in [4.78, 5) is 24.2. The van der Waals surface area contributed by atoms with Gasteiger partial charge in [-0.1, -0.05) is 0 Å². The lowest BCUT2D eigenvalue weighted by Gasteiger charge is -2.24. The SMILES string of the molecule is COC(=O)C1CCCN1c1ccc(C=O)cc1. The number of carbonyl (C=O) groups excluding carboxylic acids is 2. The zero-order valence-corrected chi connectivity index (χ0v) is 9.76. The molecule has 0 spiro atoms. The van der Waals surface area contributed by atoms with Gasteiger partial charge in [-0.05, 0) is 37.1 Å². The molecule has 0 bridgehead atoms. The first-order valence-corrected chi connectivity index (χ1v) is 5.66. The van der Waals surface area contributed by atoms with E-state index in [4.69, 9.17) is 4.74 Å². The van der Waals surface area contributed by atoms with Gasteiger partial charge in [-0.3, -0.25) is 4.79 Å². The third-order valence-electron chi connectivity index (χ3n) is 3.09. The number of ether oxygens (including phenoxy) is 1. The molecule has 1 aromatic carbocycles. The molecule has 0 radical (unpaired) electrons. The minimum atomic E-state index is -0.193. The van der Waals surface area contributed by atoms with Crippen LogP contribution in [0.4, 0.5) is 5.69 Å². The Labute approximate surface area is 100 Å². The highest BCUT2D eigenvalue weighted by atomic mass is 16.5. The van der Waals surface area contributed by atoms with E-state index in [2.05, 4.69) is 0 Å². The second-order valence-corrected chi connectivity index (χ2v) is 4.08. The number of methoxy groups -OCH3 is 1. The summed E-state index contributed by atoms with van der Waals surface area (Å²) in [5.74, 6) is -0.193. The quantitative estimate of drug-likeness (QED) is 0.588. The zero-order chi connectivity index (χ0) is 12.3. The molecule has 0 amide bonds. The van der Waals surface area contributed by atoms with Crippen molar-refractivity contribution in [3.05, 3.63) is 29.8 Å². The molecule has 1 aliphatic rings. The molecule has 0 aromatic heterocycles. The third-order valence-corrected chi connectivity index (χ3v) is 3.09. The van der Waals surface area contributed by atoms with Crippen molar-refractivity contribution >= 4 is 17.9 Å². The molecular weight excluding hydrogens is 218 g/mol. The summed E-state index contributed by atoms with van der Waals surface area (Å²) < 4.78 is 4.79. The summed E-state index contributed by atoms with van der Waals surface area (Å²) in [5, 5.41) is 0. The van der Waals surface area contributed by atoms with Crippen LogP contribution >= 0.6 is 0 Å². The van der Waals surface area contributed by atoms with E-state index in [0.29, 0.717) is 5.56 Å². The number of anilines is 1. The van der Waals surface area contributed by atoms with Gasteiger partial charge >= 0.3 is 5.97 Å². The van der Waals surface area contributed by atoms with Gasteiger partial charge in [0, 0.05) is 17.8 Å². The summed E-state index contributed by atoms with van der Waals surface area (Å²) in [6, 6.07) is 7.06. The molecule has 1 unspecified atom stereocenters. The molecule has 4 nitrogen and oxygen atoms in total. The molecule has 0 saturated carbocycles. The first kappa shape index (κ1) is 11.6. The van der Waals surface area contributed by atoms with E-state index < -0.39 is 0 Å². The molecule has 1 saturated heterocycles. The molecule has 90 valence electrons. The average Bonchev–Trinajstić information content (AvgIpc) is 2.87. The van der Waals surface area contributed by atoms with E-state index in [1.54, 1.807) is 12.1 Å². The van der Waals surface area contributed by atoms with E-state index >= 15 is 0 Å². The van der Waals surface area contributed by atoms with E-state index in [1.807, 2.05) is 17.0 Å². The number of hydrogen-bond donors (Lipinski definition) is 0. The summed E-state index contributed by atoms with van der Waals surface area (Å²) in [6.07, 6.45) is 2.61. The first-order chi connectivity index (χ1) is 8.26. The molecule has 0 aliphatic carbocycles. The zero-order valence-electron chi connectivity index (χ0n) is 9.76. The van der Waals surface area contributed by atoms with Gasteiger partial charge in [-0.15, -0.1) is 0 Å². The van der Waals surface area contributed by atoms with Crippen molar-refractivity contribution < 1.29 is 14.3 Å². The van der Waals surface area contributed by atoms with Crippen molar-refractivity contribution in [2.24, 2.45) is 0 Å². The van der Waals surface area contributed by atoms with Gasteiger partial charge < -0.3 is 9.64 Å². The largest absolute Gasteiger partial charge is 0.467 e. The van der Waals surface area contributed by atoms with Crippen molar-refractivity contribution in [1.29, 1.82) is 0 Å². The Morgan fingerprint density at radius 3 is 2.71 bits per heavy atom.